The van der Waals surface area contributed by atoms with Gasteiger partial charge in [-0.2, -0.15) is 0 Å². The fourth-order valence-electron chi connectivity index (χ4n) is 3.29. The van der Waals surface area contributed by atoms with E-state index in [1.807, 2.05) is 41.3 Å². The molecule has 2 aromatic carbocycles. The number of halogens is 1. The summed E-state index contributed by atoms with van der Waals surface area (Å²) >= 11 is 6.13. The first kappa shape index (κ1) is 17.0. The summed E-state index contributed by atoms with van der Waals surface area (Å²) < 4.78 is 0. The molecule has 0 bridgehead atoms. The molecule has 4 heteroatoms. The van der Waals surface area contributed by atoms with Crippen molar-refractivity contribution in [3.8, 4) is 0 Å². The van der Waals surface area contributed by atoms with Gasteiger partial charge in [0.15, 0.2) is 0 Å². The molecule has 1 amide bonds. The van der Waals surface area contributed by atoms with E-state index < -0.39 is 0 Å². The maximum absolute atomic E-state index is 12.8. The number of piperazine rings is 1. The predicted molar refractivity (Wildman–Crippen MR) is 98.3 cm³/mol. The molecule has 2 aromatic rings. The van der Waals surface area contributed by atoms with Gasteiger partial charge in [-0.25, -0.2) is 0 Å². The van der Waals surface area contributed by atoms with Gasteiger partial charge in [-0.1, -0.05) is 48.0 Å². The molecule has 0 aromatic heterocycles. The maximum atomic E-state index is 12.8. The number of carbonyl (C=O) groups is 1. The number of nitrogens with zero attached hydrogens (tertiary/aromatic N) is 1. The van der Waals surface area contributed by atoms with Crippen molar-refractivity contribution in [3.63, 3.8) is 0 Å². The molecule has 0 saturated carbocycles. The molecular formula is C20H23ClN2O. The highest BCUT2D eigenvalue weighted by molar-refractivity contribution is 6.30. The van der Waals surface area contributed by atoms with Crippen molar-refractivity contribution < 1.29 is 4.79 Å². The standard InChI is InChI=1S/C20H23ClN2O/c1-15-5-2-3-6-16(15)9-10-20(24)23-12-11-22-14-19(23)17-7-4-8-18(21)13-17/h2-8,13,19,22H,9-12,14H2,1H3. The van der Waals surface area contributed by atoms with Crippen molar-refractivity contribution in [1.82, 2.24) is 10.2 Å². The van der Waals surface area contributed by atoms with E-state index in [-0.39, 0.29) is 11.9 Å². The molecule has 1 saturated heterocycles. The van der Waals surface area contributed by atoms with Gasteiger partial charge in [0.05, 0.1) is 6.04 Å². The van der Waals surface area contributed by atoms with Crippen molar-refractivity contribution in [2.24, 2.45) is 0 Å². The number of carbonyl (C=O) groups excluding carboxylic acids is 1. The average Bonchev–Trinajstić information content (AvgIpc) is 2.61. The highest BCUT2D eigenvalue weighted by Crippen LogP contribution is 2.25. The lowest BCUT2D eigenvalue weighted by Crippen LogP contribution is -2.48. The molecule has 1 unspecified atom stereocenters. The van der Waals surface area contributed by atoms with Crippen LogP contribution in [-0.4, -0.2) is 30.4 Å². The van der Waals surface area contributed by atoms with Gasteiger partial charge in [-0.05, 0) is 42.2 Å². The summed E-state index contributed by atoms with van der Waals surface area (Å²) in [5, 5.41) is 4.10. The Morgan fingerprint density at radius 1 is 1.25 bits per heavy atom. The normalized spacial score (nSPS) is 17.8. The number of amides is 1. The molecule has 1 atom stereocenters. The van der Waals surface area contributed by atoms with Crippen LogP contribution >= 0.6 is 11.6 Å². The van der Waals surface area contributed by atoms with Gasteiger partial charge in [-0.15, -0.1) is 0 Å². The zero-order valence-corrected chi connectivity index (χ0v) is 14.7. The third kappa shape index (κ3) is 3.97. The van der Waals surface area contributed by atoms with Crippen LogP contribution < -0.4 is 5.32 Å². The van der Waals surface area contributed by atoms with Gasteiger partial charge in [0, 0.05) is 31.1 Å². The zero-order chi connectivity index (χ0) is 16.9. The number of benzene rings is 2. The van der Waals surface area contributed by atoms with Crippen LogP contribution in [0.3, 0.4) is 0 Å². The fraction of sp³-hybridized carbons (Fsp3) is 0.350. The minimum atomic E-state index is 0.0572. The fourth-order valence-corrected chi connectivity index (χ4v) is 3.49. The van der Waals surface area contributed by atoms with E-state index in [0.717, 1.165) is 31.6 Å². The Kier molecular flexibility index (Phi) is 5.54. The zero-order valence-electron chi connectivity index (χ0n) is 14.0. The molecular weight excluding hydrogens is 320 g/mol. The third-order valence-corrected chi connectivity index (χ3v) is 4.90. The van der Waals surface area contributed by atoms with Gasteiger partial charge >= 0.3 is 0 Å². The van der Waals surface area contributed by atoms with Crippen molar-refractivity contribution in [2.45, 2.75) is 25.8 Å². The number of rotatable bonds is 4. The van der Waals surface area contributed by atoms with E-state index in [9.17, 15) is 4.79 Å². The van der Waals surface area contributed by atoms with E-state index in [1.54, 1.807) is 0 Å². The summed E-state index contributed by atoms with van der Waals surface area (Å²) in [4.78, 5) is 14.8. The van der Waals surface area contributed by atoms with Gasteiger partial charge in [-0.3, -0.25) is 4.79 Å². The summed E-state index contributed by atoms with van der Waals surface area (Å²) in [6.07, 6.45) is 1.33. The molecule has 24 heavy (non-hydrogen) atoms. The van der Waals surface area contributed by atoms with Gasteiger partial charge in [0.2, 0.25) is 5.91 Å². The molecule has 1 N–H and O–H groups in total. The predicted octanol–water partition coefficient (Wildman–Crippen LogP) is 3.75. The second-order valence-corrected chi connectivity index (χ2v) is 6.72. The minimum Gasteiger partial charge on any atom is -0.333 e. The van der Waals surface area contributed by atoms with Crippen LogP contribution in [0.15, 0.2) is 48.5 Å². The Morgan fingerprint density at radius 3 is 2.88 bits per heavy atom. The van der Waals surface area contributed by atoms with Crippen LogP contribution in [0.5, 0.6) is 0 Å². The quantitative estimate of drug-likeness (QED) is 0.917. The highest BCUT2D eigenvalue weighted by atomic mass is 35.5. The second-order valence-electron chi connectivity index (χ2n) is 6.29. The first-order valence-electron chi connectivity index (χ1n) is 8.45. The SMILES string of the molecule is Cc1ccccc1CCC(=O)N1CCNCC1c1cccc(Cl)c1. The number of nitrogens with one attached hydrogen (secondary N) is 1. The number of hydrogen-bond acceptors (Lipinski definition) is 2. The van der Waals surface area contributed by atoms with Crippen molar-refractivity contribution in [3.05, 3.63) is 70.2 Å². The smallest absolute Gasteiger partial charge is 0.223 e. The molecule has 3 nitrogen and oxygen atoms in total. The van der Waals surface area contributed by atoms with E-state index in [4.69, 9.17) is 11.6 Å². The number of aryl methyl sites for hydroxylation is 2. The summed E-state index contributed by atoms with van der Waals surface area (Å²) in [5.74, 6) is 0.213. The van der Waals surface area contributed by atoms with E-state index in [0.29, 0.717) is 11.4 Å². The van der Waals surface area contributed by atoms with Crippen LogP contribution in [0.25, 0.3) is 0 Å². The molecule has 3 rings (SSSR count). The Labute approximate surface area is 148 Å². The molecule has 1 aliphatic heterocycles. The van der Waals surface area contributed by atoms with Crippen LogP contribution in [0.1, 0.15) is 29.2 Å². The Morgan fingerprint density at radius 2 is 2.08 bits per heavy atom. The Balaban J connectivity index is 1.71. The first-order valence-corrected chi connectivity index (χ1v) is 8.83. The molecule has 126 valence electrons. The van der Waals surface area contributed by atoms with E-state index in [1.165, 1.54) is 11.1 Å². The lowest BCUT2D eigenvalue weighted by Gasteiger charge is -2.36. The Hall–Kier alpha value is -1.84. The minimum absolute atomic E-state index is 0.0572. The topological polar surface area (TPSA) is 32.3 Å². The lowest BCUT2D eigenvalue weighted by molar-refractivity contribution is -0.134. The summed E-state index contributed by atoms with van der Waals surface area (Å²) in [6, 6.07) is 16.1. The summed E-state index contributed by atoms with van der Waals surface area (Å²) in [7, 11) is 0. The van der Waals surface area contributed by atoms with Crippen LogP contribution in [0.2, 0.25) is 5.02 Å². The van der Waals surface area contributed by atoms with Gasteiger partial charge in [0.25, 0.3) is 0 Å². The molecule has 1 heterocycles. The van der Waals surface area contributed by atoms with E-state index in [2.05, 4.69) is 24.4 Å². The van der Waals surface area contributed by atoms with Crippen molar-refractivity contribution >= 4 is 17.5 Å². The molecule has 0 radical (unpaired) electrons. The van der Waals surface area contributed by atoms with E-state index >= 15 is 0 Å². The maximum Gasteiger partial charge on any atom is 0.223 e. The molecule has 0 aliphatic carbocycles. The monoisotopic (exact) mass is 342 g/mol. The van der Waals surface area contributed by atoms with Gasteiger partial charge in [0.1, 0.15) is 0 Å². The average molecular weight is 343 g/mol. The van der Waals surface area contributed by atoms with Crippen LogP contribution in [-0.2, 0) is 11.2 Å². The number of hydrogen-bond donors (Lipinski definition) is 1. The van der Waals surface area contributed by atoms with Crippen LogP contribution in [0, 0.1) is 6.92 Å². The van der Waals surface area contributed by atoms with Gasteiger partial charge < -0.3 is 10.2 Å². The molecule has 1 aliphatic rings. The van der Waals surface area contributed by atoms with Crippen molar-refractivity contribution in [2.75, 3.05) is 19.6 Å². The highest BCUT2D eigenvalue weighted by Gasteiger charge is 2.27. The molecule has 0 spiro atoms. The lowest BCUT2D eigenvalue weighted by atomic mass is 10.0. The van der Waals surface area contributed by atoms with Crippen molar-refractivity contribution in [1.29, 1.82) is 0 Å². The Bertz CT molecular complexity index is 716. The first-order chi connectivity index (χ1) is 11.6. The third-order valence-electron chi connectivity index (χ3n) is 4.67. The largest absolute Gasteiger partial charge is 0.333 e. The summed E-state index contributed by atoms with van der Waals surface area (Å²) in [5.41, 5.74) is 3.59. The van der Waals surface area contributed by atoms with Crippen LogP contribution in [0.4, 0.5) is 0 Å². The molecule has 1 fully saturated rings. The second kappa shape index (κ2) is 7.82. The summed E-state index contributed by atoms with van der Waals surface area (Å²) in [6.45, 7) is 4.45.